The molecule has 0 amide bonds. The summed E-state index contributed by atoms with van der Waals surface area (Å²) in [5.41, 5.74) is 0. The molecule has 29 heavy (non-hydrogen) atoms. The Morgan fingerprint density at radius 3 is 1.48 bits per heavy atom. The van der Waals surface area contributed by atoms with Gasteiger partial charge in [0.05, 0.1) is 6.61 Å². The van der Waals surface area contributed by atoms with Crippen LogP contribution in [0.2, 0.25) is 0 Å². The van der Waals surface area contributed by atoms with E-state index < -0.39 is 0 Å². The minimum atomic E-state index is 0. The van der Waals surface area contributed by atoms with E-state index in [2.05, 4.69) is 84.5 Å². The van der Waals surface area contributed by atoms with E-state index in [1.807, 2.05) is 11.8 Å². The van der Waals surface area contributed by atoms with Gasteiger partial charge in [0.15, 0.2) is 0 Å². The molecule has 0 rings (SSSR count). The molecule has 2 atom stereocenters. The maximum Gasteiger partial charge on any atom is 0.0521 e. The first-order valence-electron chi connectivity index (χ1n) is 11.4. The molecular weight excluding hydrogens is 418 g/mol. The number of rotatable bonds is 15. The van der Waals surface area contributed by atoms with Crippen LogP contribution >= 0.6 is 35.9 Å². The van der Waals surface area contributed by atoms with Gasteiger partial charge in [-0.2, -0.15) is 23.5 Å². The van der Waals surface area contributed by atoms with E-state index in [9.17, 15) is 0 Å². The lowest BCUT2D eigenvalue weighted by molar-refractivity contribution is 0.322. The van der Waals surface area contributed by atoms with Crippen molar-refractivity contribution in [3.05, 3.63) is 12.2 Å². The first kappa shape index (κ1) is 37.0. The summed E-state index contributed by atoms with van der Waals surface area (Å²) >= 11 is 3.93. The van der Waals surface area contributed by atoms with Crippen LogP contribution < -0.4 is 0 Å². The van der Waals surface area contributed by atoms with E-state index in [4.69, 9.17) is 5.11 Å². The molecule has 0 aromatic heterocycles. The molecule has 0 saturated carbocycles. The van der Waals surface area contributed by atoms with Crippen molar-refractivity contribution in [1.82, 2.24) is 4.90 Å². The van der Waals surface area contributed by atoms with Gasteiger partial charge in [-0.3, -0.25) is 0 Å². The molecular formula is C24H54ClNOS2. The lowest BCUT2D eigenvalue weighted by Crippen LogP contribution is -2.15. The molecule has 0 spiro atoms. The number of nitrogens with zero attached hydrogens (tertiary/aromatic N) is 1. The van der Waals surface area contributed by atoms with E-state index in [1.165, 1.54) is 62.3 Å². The van der Waals surface area contributed by atoms with Crippen LogP contribution in [0.15, 0.2) is 12.2 Å². The fourth-order valence-corrected chi connectivity index (χ4v) is 4.00. The summed E-state index contributed by atoms with van der Waals surface area (Å²) in [6, 6.07) is 0. The summed E-state index contributed by atoms with van der Waals surface area (Å²) in [7, 11) is 4.27. The van der Waals surface area contributed by atoms with Crippen LogP contribution in [-0.2, 0) is 0 Å². The summed E-state index contributed by atoms with van der Waals surface area (Å²) in [5, 5.41) is 8.47. The summed E-state index contributed by atoms with van der Waals surface area (Å²) < 4.78 is 0. The topological polar surface area (TPSA) is 23.5 Å². The first-order valence-corrected chi connectivity index (χ1v) is 13.8. The normalized spacial score (nSPS) is 12.5. The molecule has 0 aliphatic rings. The molecule has 0 aliphatic heterocycles. The largest absolute Gasteiger partial charge is 0.396 e. The zero-order chi connectivity index (χ0) is 22.0. The Labute approximate surface area is 199 Å². The van der Waals surface area contributed by atoms with Crippen molar-refractivity contribution in [2.75, 3.05) is 50.3 Å². The minimum absolute atomic E-state index is 0. The van der Waals surface area contributed by atoms with Crippen molar-refractivity contribution in [2.45, 2.75) is 80.1 Å². The maximum atomic E-state index is 8.47. The van der Waals surface area contributed by atoms with Gasteiger partial charge in [0.1, 0.15) is 0 Å². The molecule has 180 valence electrons. The predicted molar refractivity (Wildman–Crippen MR) is 145 cm³/mol. The smallest absolute Gasteiger partial charge is 0.0521 e. The van der Waals surface area contributed by atoms with Crippen LogP contribution in [0, 0.1) is 11.8 Å². The van der Waals surface area contributed by atoms with Crippen LogP contribution in [0.4, 0.5) is 0 Å². The Kier molecular flexibility index (Phi) is 42.5. The van der Waals surface area contributed by atoms with Gasteiger partial charge in [-0.1, -0.05) is 66.5 Å². The molecule has 0 aromatic carbocycles. The van der Waals surface area contributed by atoms with Crippen LogP contribution in [0.25, 0.3) is 0 Å². The molecule has 2 unspecified atom stereocenters. The van der Waals surface area contributed by atoms with E-state index in [0.717, 1.165) is 17.6 Å². The average molecular weight is 472 g/mol. The quantitative estimate of drug-likeness (QED) is 0.195. The fraction of sp³-hybridized carbons (Fsp3) is 0.917. The lowest BCUT2D eigenvalue weighted by Gasteiger charge is -2.10. The summed E-state index contributed by atoms with van der Waals surface area (Å²) in [5.74, 6) is 6.49. The van der Waals surface area contributed by atoms with Crippen LogP contribution in [-0.4, -0.2) is 60.3 Å². The van der Waals surface area contributed by atoms with Gasteiger partial charge in [0.2, 0.25) is 0 Å². The van der Waals surface area contributed by atoms with Crippen LogP contribution in [0.5, 0.6) is 0 Å². The van der Waals surface area contributed by atoms with Crippen molar-refractivity contribution in [2.24, 2.45) is 11.8 Å². The minimum Gasteiger partial charge on any atom is -0.396 e. The van der Waals surface area contributed by atoms with Crippen molar-refractivity contribution >= 4 is 35.9 Å². The molecule has 2 nitrogen and oxygen atoms in total. The second-order valence-electron chi connectivity index (χ2n) is 7.64. The number of thioether (sulfide) groups is 2. The molecule has 0 radical (unpaired) electrons. The Bertz CT molecular complexity index is 286. The number of halogens is 1. The lowest BCUT2D eigenvalue weighted by atomic mass is 10.1. The van der Waals surface area contributed by atoms with Crippen molar-refractivity contribution in [3.63, 3.8) is 0 Å². The molecule has 1 N–H and O–H groups in total. The predicted octanol–water partition coefficient (Wildman–Crippen LogP) is 7.65. The molecule has 0 aliphatic carbocycles. The zero-order valence-electron chi connectivity index (χ0n) is 20.9. The Hall–Kier alpha value is 0.650. The molecule has 5 heteroatoms. The van der Waals surface area contributed by atoms with Gasteiger partial charge in [-0.25, -0.2) is 0 Å². The number of aliphatic hydroxyl groups excluding tert-OH is 1. The van der Waals surface area contributed by atoms with Gasteiger partial charge in [-0.15, -0.1) is 12.4 Å². The van der Waals surface area contributed by atoms with Gasteiger partial charge >= 0.3 is 0 Å². The Morgan fingerprint density at radius 1 is 0.759 bits per heavy atom. The third kappa shape index (κ3) is 43.4. The highest BCUT2D eigenvalue weighted by Crippen LogP contribution is 2.12. The van der Waals surface area contributed by atoms with E-state index in [0.29, 0.717) is 6.61 Å². The summed E-state index contributed by atoms with van der Waals surface area (Å²) in [6.07, 6.45) is 12.0. The van der Waals surface area contributed by atoms with Gasteiger partial charge in [0, 0.05) is 18.1 Å². The third-order valence-electron chi connectivity index (χ3n) is 4.46. The second kappa shape index (κ2) is 33.3. The Morgan fingerprint density at radius 2 is 1.17 bits per heavy atom. The summed E-state index contributed by atoms with van der Waals surface area (Å²) in [4.78, 5) is 2.25. The molecule has 0 fully saturated rings. The third-order valence-corrected chi connectivity index (χ3v) is 6.45. The number of allylic oxidation sites excluding steroid dienone is 2. The van der Waals surface area contributed by atoms with Gasteiger partial charge < -0.3 is 10.0 Å². The summed E-state index contributed by atoms with van der Waals surface area (Å²) in [6.45, 7) is 14.9. The SMILES string of the molecule is CC/C=C/CC.CCC(C)CCSCCN(C)C.CCC(C)CCSCCO.Cl. The van der Waals surface area contributed by atoms with Gasteiger partial charge in [-0.05, 0) is 63.1 Å². The van der Waals surface area contributed by atoms with E-state index in [1.54, 1.807) is 0 Å². The van der Waals surface area contributed by atoms with Crippen LogP contribution in [0.1, 0.15) is 80.1 Å². The van der Waals surface area contributed by atoms with E-state index in [-0.39, 0.29) is 12.4 Å². The average Bonchev–Trinajstić information content (AvgIpc) is 2.69. The van der Waals surface area contributed by atoms with Crippen LogP contribution in [0.3, 0.4) is 0 Å². The zero-order valence-corrected chi connectivity index (χ0v) is 23.4. The van der Waals surface area contributed by atoms with E-state index >= 15 is 0 Å². The first-order chi connectivity index (χ1) is 13.4. The monoisotopic (exact) mass is 471 g/mol. The van der Waals surface area contributed by atoms with Crippen molar-refractivity contribution in [3.8, 4) is 0 Å². The molecule has 0 aromatic rings. The molecule has 0 heterocycles. The second-order valence-corrected chi connectivity index (χ2v) is 10.1. The standard InChI is InChI=1S/C10H23NS.C8H18OS.C6H12.ClH/c1-5-10(2)6-8-12-9-7-11(3)4;1-3-8(2)4-6-10-7-5-9;1-3-5-6-4-2;/h10H,5-9H2,1-4H3;8-9H,3-7H2,1-2H3;5-6H,3-4H2,1-2H3;1H/b;;6-5+;. The van der Waals surface area contributed by atoms with Gasteiger partial charge in [0.25, 0.3) is 0 Å². The van der Waals surface area contributed by atoms with Crippen molar-refractivity contribution < 1.29 is 5.11 Å². The fourth-order valence-electron chi connectivity index (χ4n) is 1.83. The highest BCUT2D eigenvalue weighted by Gasteiger charge is 1.98. The highest BCUT2D eigenvalue weighted by atomic mass is 35.5. The number of hydrogen-bond acceptors (Lipinski definition) is 4. The van der Waals surface area contributed by atoms with Crippen molar-refractivity contribution in [1.29, 1.82) is 0 Å². The number of hydrogen-bond donors (Lipinski definition) is 1. The molecule has 0 bridgehead atoms. The highest BCUT2D eigenvalue weighted by molar-refractivity contribution is 7.99. The molecule has 0 saturated heterocycles. The number of aliphatic hydroxyl groups is 1. The maximum absolute atomic E-state index is 8.47. The Balaban J connectivity index is -0.000000167.